The Hall–Kier alpha value is -2.04. The highest BCUT2D eigenvalue weighted by atomic mass is 16.5. The lowest BCUT2D eigenvalue weighted by atomic mass is 9.89. The third-order valence-electron chi connectivity index (χ3n) is 6.55. The van der Waals surface area contributed by atoms with Crippen LogP contribution in [0.5, 0.6) is 5.75 Å². The van der Waals surface area contributed by atoms with E-state index in [1.807, 2.05) is 16.8 Å². The van der Waals surface area contributed by atoms with E-state index >= 15 is 0 Å². The van der Waals surface area contributed by atoms with Crippen LogP contribution in [-0.2, 0) is 4.79 Å². The second kappa shape index (κ2) is 10.1. The molecule has 1 aliphatic heterocycles. The maximum absolute atomic E-state index is 12.7. The van der Waals surface area contributed by atoms with Crippen LogP contribution in [0, 0.1) is 5.92 Å². The molecule has 1 aromatic carbocycles. The molecule has 2 atom stereocenters. The van der Waals surface area contributed by atoms with Crippen LogP contribution in [0.2, 0.25) is 0 Å². The first-order valence-corrected chi connectivity index (χ1v) is 11.2. The summed E-state index contributed by atoms with van der Waals surface area (Å²) in [7, 11) is 1.89. The number of piperidine rings is 1. The van der Waals surface area contributed by atoms with E-state index in [4.69, 9.17) is 4.74 Å². The number of rotatable bonds is 6. The van der Waals surface area contributed by atoms with Gasteiger partial charge in [0.25, 0.3) is 11.8 Å². The number of carbonyl (C=O) groups is 2. The first kappa shape index (κ1) is 21.7. The Morgan fingerprint density at radius 2 is 1.59 bits per heavy atom. The number of benzene rings is 1. The van der Waals surface area contributed by atoms with Gasteiger partial charge in [-0.25, -0.2) is 0 Å². The summed E-state index contributed by atoms with van der Waals surface area (Å²) in [5.74, 6) is 1.35. The molecule has 1 heterocycles. The summed E-state index contributed by atoms with van der Waals surface area (Å²) in [6, 6.07) is 7.72. The van der Waals surface area contributed by atoms with Gasteiger partial charge in [0.1, 0.15) is 5.75 Å². The first-order chi connectivity index (χ1) is 14.0. The summed E-state index contributed by atoms with van der Waals surface area (Å²) >= 11 is 0. The van der Waals surface area contributed by atoms with Crippen molar-refractivity contribution in [1.82, 2.24) is 9.80 Å². The molecule has 2 fully saturated rings. The van der Waals surface area contributed by atoms with Crippen LogP contribution in [0.15, 0.2) is 24.3 Å². The average Bonchev–Trinajstić information content (AvgIpc) is 2.72. The van der Waals surface area contributed by atoms with Crippen LogP contribution in [-0.4, -0.2) is 53.9 Å². The molecule has 3 rings (SSSR count). The molecule has 5 nitrogen and oxygen atoms in total. The molecule has 0 aromatic heterocycles. The fourth-order valence-corrected chi connectivity index (χ4v) is 4.89. The normalized spacial score (nSPS) is 22.9. The van der Waals surface area contributed by atoms with Crippen LogP contribution in [0.3, 0.4) is 0 Å². The predicted octanol–water partition coefficient (Wildman–Crippen LogP) is 4.51. The summed E-state index contributed by atoms with van der Waals surface area (Å²) in [4.78, 5) is 29.1. The van der Waals surface area contributed by atoms with E-state index in [0.29, 0.717) is 17.2 Å². The zero-order chi connectivity index (χ0) is 20.8. The fraction of sp³-hybridized carbons (Fsp3) is 0.667. The number of hydrogen-bond donors (Lipinski definition) is 0. The van der Waals surface area contributed by atoms with E-state index in [2.05, 4.69) is 13.8 Å². The summed E-state index contributed by atoms with van der Waals surface area (Å²) in [5.41, 5.74) is 0.667. The zero-order valence-electron chi connectivity index (χ0n) is 18.2. The van der Waals surface area contributed by atoms with Crippen molar-refractivity contribution in [2.24, 2.45) is 5.92 Å². The van der Waals surface area contributed by atoms with E-state index in [1.54, 1.807) is 24.3 Å². The van der Waals surface area contributed by atoms with E-state index in [0.717, 1.165) is 19.4 Å². The van der Waals surface area contributed by atoms with Crippen molar-refractivity contribution < 1.29 is 14.3 Å². The molecule has 0 N–H and O–H groups in total. The molecule has 1 saturated heterocycles. The zero-order valence-corrected chi connectivity index (χ0v) is 18.2. The van der Waals surface area contributed by atoms with Crippen molar-refractivity contribution >= 4 is 11.8 Å². The highest BCUT2D eigenvalue weighted by molar-refractivity contribution is 5.94. The predicted molar refractivity (Wildman–Crippen MR) is 115 cm³/mol. The smallest absolute Gasteiger partial charge is 0.260 e. The van der Waals surface area contributed by atoms with E-state index < -0.39 is 0 Å². The third-order valence-corrected chi connectivity index (χ3v) is 6.55. The van der Waals surface area contributed by atoms with Crippen molar-refractivity contribution in [3.05, 3.63) is 29.8 Å². The summed E-state index contributed by atoms with van der Waals surface area (Å²) in [6.45, 7) is 5.09. The quantitative estimate of drug-likeness (QED) is 0.706. The Bertz CT molecular complexity index is 672. The molecule has 160 valence electrons. The monoisotopic (exact) mass is 400 g/mol. The summed E-state index contributed by atoms with van der Waals surface area (Å²) in [5, 5.41) is 0. The van der Waals surface area contributed by atoms with E-state index in [9.17, 15) is 9.59 Å². The van der Waals surface area contributed by atoms with Gasteiger partial charge in [-0.3, -0.25) is 9.59 Å². The SMILES string of the molecule is CC1CCCC(C)N1C(=O)COc1ccc(C(=O)N(C)CC2CCCCC2)cc1. The topological polar surface area (TPSA) is 49.9 Å². The standard InChI is InChI=1S/C24H36N2O3/c1-18-8-7-9-19(2)26(18)23(27)17-29-22-14-12-21(13-15-22)24(28)25(3)16-20-10-5-4-6-11-20/h12-15,18-20H,4-11,16-17H2,1-3H3. The molecule has 1 aliphatic carbocycles. The Morgan fingerprint density at radius 3 is 2.21 bits per heavy atom. The number of amides is 2. The van der Waals surface area contributed by atoms with E-state index in [-0.39, 0.29) is 30.5 Å². The lowest BCUT2D eigenvalue weighted by molar-refractivity contribution is -0.139. The highest BCUT2D eigenvalue weighted by Gasteiger charge is 2.29. The highest BCUT2D eigenvalue weighted by Crippen LogP contribution is 2.25. The third kappa shape index (κ3) is 5.74. The minimum absolute atomic E-state index is 0.0390. The van der Waals surface area contributed by atoms with Crippen LogP contribution < -0.4 is 4.74 Å². The van der Waals surface area contributed by atoms with Gasteiger partial charge in [-0.2, -0.15) is 0 Å². The molecule has 2 unspecified atom stereocenters. The number of nitrogens with zero attached hydrogens (tertiary/aromatic N) is 2. The molecule has 0 spiro atoms. The minimum atomic E-state index is 0.0390. The lowest BCUT2D eigenvalue weighted by Gasteiger charge is -2.38. The molecule has 2 amide bonds. The molecular weight excluding hydrogens is 364 g/mol. The van der Waals surface area contributed by atoms with E-state index in [1.165, 1.54) is 38.5 Å². The number of ether oxygens (including phenoxy) is 1. The van der Waals surface area contributed by atoms with Gasteiger partial charge in [0.15, 0.2) is 6.61 Å². The Balaban J connectivity index is 1.50. The van der Waals surface area contributed by atoms with Crippen molar-refractivity contribution in [2.75, 3.05) is 20.2 Å². The first-order valence-electron chi connectivity index (χ1n) is 11.2. The van der Waals surface area contributed by atoms with Crippen LogP contribution in [0.1, 0.15) is 75.6 Å². The van der Waals surface area contributed by atoms with Crippen molar-refractivity contribution in [1.29, 1.82) is 0 Å². The number of hydrogen-bond acceptors (Lipinski definition) is 3. The molecule has 2 aliphatic rings. The van der Waals surface area contributed by atoms with Gasteiger partial charge in [-0.1, -0.05) is 19.3 Å². The van der Waals surface area contributed by atoms with Crippen molar-refractivity contribution in [3.63, 3.8) is 0 Å². The largest absolute Gasteiger partial charge is 0.484 e. The van der Waals surface area contributed by atoms with Gasteiger partial charge in [0, 0.05) is 31.2 Å². The van der Waals surface area contributed by atoms with Crippen molar-refractivity contribution in [2.45, 2.75) is 77.3 Å². The fourth-order valence-electron chi connectivity index (χ4n) is 4.89. The Labute approximate surface area is 175 Å². The van der Waals surface area contributed by atoms with Gasteiger partial charge in [0.05, 0.1) is 0 Å². The molecule has 5 heteroatoms. The van der Waals surface area contributed by atoms with Crippen LogP contribution in [0.25, 0.3) is 0 Å². The number of likely N-dealkylation sites (tertiary alicyclic amines) is 1. The molecule has 0 radical (unpaired) electrons. The van der Waals surface area contributed by atoms with Gasteiger partial charge >= 0.3 is 0 Å². The average molecular weight is 401 g/mol. The molecule has 1 aromatic rings. The summed E-state index contributed by atoms with van der Waals surface area (Å²) < 4.78 is 5.72. The van der Waals surface area contributed by atoms with Gasteiger partial charge in [-0.15, -0.1) is 0 Å². The molecular formula is C24H36N2O3. The van der Waals surface area contributed by atoms with Crippen LogP contribution in [0.4, 0.5) is 0 Å². The van der Waals surface area contributed by atoms with Crippen LogP contribution >= 0.6 is 0 Å². The molecule has 1 saturated carbocycles. The second-order valence-electron chi connectivity index (χ2n) is 8.93. The maximum Gasteiger partial charge on any atom is 0.260 e. The lowest BCUT2D eigenvalue weighted by Crippen LogP contribution is -2.49. The van der Waals surface area contributed by atoms with Gasteiger partial charge in [0.2, 0.25) is 0 Å². The Morgan fingerprint density at radius 1 is 0.966 bits per heavy atom. The minimum Gasteiger partial charge on any atom is -0.484 e. The summed E-state index contributed by atoms with van der Waals surface area (Å²) in [6.07, 6.45) is 9.64. The molecule has 0 bridgehead atoms. The van der Waals surface area contributed by atoms with Crippen molar-refractivity contribution in [3.8, 4) is 5.75 Å². The molecule has 29 heavy (non-hydrogen) atoms. The number of carbonyl (C=O) groups excluding carboxylic acids is 2. The second-order valence-corrected chi connectivity index (χ2v) is 8.93. The Kier molecular flexibility index (Phi) is 7.57. The maximum atomic E-state index is 12.7. The van der Waals surface area contributed by atoms with Gasteiger partial charge < -0.3 is 14.5 Å². The van der Waals surface area contributed by atoms with Gasteiger partial charge in [-0.05, 0) is 76.1 Å².